The third-order valence-electron chi connectivity index (χ3n) is 15.6. The van der Waals surface area contributed by atoms with E-state index in [0.29, 0.717) is 19.3 Å². The molecule has 0 radical (unpaired) electrons. The lowest BCUT2D eigenvalue weighted by Crippen LogP contribution is -2.30. The van der Waals surface area contributed by atoms with Crippen LogP contribution < -0.4 is 0 Å². The molecule has 0 aromatic heterocycles. The largest absolute Gasteiger partial charge is 0.462 e. The summed E-state index contributed by atoms with van der Waals surface area (Å²) < 4.78 is 16.9. The van der Waals surface area contributed by atoms with Gasteiger partial charge in [-0.05, 0) is 70.6 Å². The van der Waals surface area contributed by atoms with Crippen LogP contribution in [0.3, 0.4) is 0 Å². The molecule has 0 N–H and O–H groups in total. The highest BCUT2D eigenvalue weighted by Gasteiger charge is 2.19. The van der Waals surface area contributed by atoms with Gasteiger partial charge in [0, 0.05) is 19.3 Å². The Balaban J connectivity index is 3.97. The molecule has 0 aliphatic heterocycles. The van der Waals surface area contributed by atoms with Gasteiger partial charge in [0.25, 0.3) is 0 Å². The van der Waals surface area contributed by atoms with Gasteiger partial charge < -0.3 is 14.2 Å². The van der Waals surface area contributed by atoms with Crippen molar-refractivity contribution in [2.45, 2.75) is 386 Å². The second-order valence-corrected chi connectivity index (χ2v) is 23.4. The van der Waals surface area contributed by atoms with Crippen molar-refractivity contribution >= 4 is 17.9 Å². The molecule has 0 spiro atoms. The third-order valence-corrected chi connectivity index (χ3v) is 15.6. The van der Waals surface area contributed by atoms with Crippen LogP contribution in [-0.4, -0.2) is 37.2 Å². The Labute approximate surface area is 480 Å². The molecule has 452 valence electrons. The summed E-state index contributed by atoms with van der Waals surface area (Å²) in [5.41, 5.74) is 0. The molecule has 0 amide bonds. The maximum atomic E-state index is 12.8. The molecule has 0 aromatic carbocycles. The van der Waals surface area contributed by atoms with Gasteiger partial charge in [-0.15, -0.1) is 0 Å². The average molecular weight is 1080 g/mol. The van der Waals surface area contributed by atoms with Crippen LogP contribution in [0.2, 0.25) is 0 Å². The number of ether oxygens (including phenoxy) is 3. The Morgan fingerprint density at radius 2 is 0.494 bits per heavy atom. The van der Waals surface area contributed by atoms with Crippen molar-refractivity contribution in [1.29, 1.82) is 0 Å². The second kappa shape index (κ2) is 66.1. The molecule has 1 unspecified atom stereocenters. The van der Waals surface area contributed by atoms with E-state index in [1.165, 1.54) is 250 Å². The maximum absolute atomic E-state index is 12.8. The molecule has 6 heteroatoms. The molecular weight excluding hydrogens is 949 g/mol. The van der Waals surface area contributed by atoms with E-state index in [1.54, 1.807) is 0 Å². The molecule has 0 aliphatic rings. The van der Waals surface area contributed by atoms with Gasteiger partial charge in [0.05, 0.1) is 0 Å². The average Bonchev–Trinajstić information content (AvgIpc) is 3.43. The van der Waals surface area contributed by atoms with Gasteiger partial charge in [-0.2, -0.15) is 0 Å². The van der Waals surface area contributed by atoms with Crippen LogP contribution in [0, 0.1) is 0 Å². The van der Waals surface area contributed by atoms with Crippen LogP contribution in [-0.2, 0) is 28.6 Å². The molecule has 0 rings (SSSR count). The van der Waals surface area contributed by atoms with Crippen molar-refractivity contribution < 1.29 is 28.6 Å². The van der Waals surface area contributed by atoms with Crippen LogP contribution in [0.25, 0.3) is 0 Å². The maximum Gasteiger partial charge on any atom is 0.306 e. The number of rotatable bonds is 64. The van der Waals surface area contributed by atoms with Crippen LogP contribution in [0.4, 0.5) is 0 Å². The summed E-state index contributed by atoms with van der Waals surface area (Å²) >= 11 is 0. The van der Waals surface area contributed by atoms with Gasteiger partial charge in [0.15, 0.2) is 6.10 Å². The van der Waals surface area contributed by atoms with E-state index in [1.807, 2.05) is 0 Å². The third kappa shape index (κ3) is 64.3. The molecule has 0 fully saturated rings. The monoisotopic (exact) mass is 1080 g/mol. The molecule has 0 bridgehead atoms. The Kier molecular flexibility index (Phi) is 64.1. The lowest BCUT2D eigenvalue weighted by molar-refractivity contribution is -0.167. The SMILES string of the molecule is CCC/C=C\C/C=C\CCCCCCCC(=O)OC(COC(=O)CCCCCCCCCCCCC)COC(=O)CCCCCCCCCCCCCCCCCCCCCCCCC/C=C\CCCCCCCCCC. The fraction of sp³-hybridized carbons (Fsp3) is 0.873. The van der Waals surface area contributed by atoms with Gasteiger partial charge in [0.2, 0.25) is 0 Å². The molecule has 0 heterocycles. The normalized spacial score (nSPS) is 12.2. The van der Waals surface area contributed by atoms with Gasteiger partial charge in [0.1, 0.15) is 13.2 Å². The smallest absolute Gasteiger partial charge is 0.306 e. The van der Waals surface area contributed by atoms with E-state index in [0.717, 1.165) is 89.9 Å². The van der Waals surface area contributed by atoms with Crippen LogP contribution in [0.5, 0.6) is 0 Å². The summed E-state index contributed by atoms with van der Waals surface area (Å²) in [6, 6.07) is 0. The number of unbranched alkanes of at least 4 members (excludes halogenated alkanes) is 47. The molecule has 0 saturated carbocycles. The van der Waals surface area contributed by atoms with Crippen molar-refractivity contribution in [3.63, 3.8) is 0 Å². The summed E-state index contributed by atoms with van der Waals surface area (Å²) in [7, 11) is 0. The highest BCUT2D eigenvalue weighted by atomic mass is 16.6. The number of esters is 3. The van der Waals surface area contributed by atoms with Crippen molar-refractivity contribution in [2.75, 3.05) is 13.2 Å². The first-order valence-corrected chi connectivity index (χ1v) is 34.5. The molecule has 77 heavy (non-hydrogen) atoms. The van der Waals surface area contributed by atoms with Crippen molar-refractivity contribution in [2.24, 2.45) is 0 Å². The number of carbonyl (C=O) groups excluding carboxylic acids is 3. The first-order chi connectivity index (χ1) is 38.0. The van der Waals surface area contributed by atoms with Gasteiger partial charge in [-0.1, -0.05) is 327 Å². The molecule has 6 nitrogen and oxygen atoms in total. The minimum absolute atomic E-state index is 0.0727. The van der Waals surface area contributed by atoms with Crippen LogP contribution in [0.1, 0.15) is 380 Å². The Bertz CT molecular complexity index is 1290. The van der Waals surface area contributed by atoms with E-state index in [9.17, 15) is 14.4 Å². The summed E-state index contributed by atoms with van der Waals surface area (Å²) in [6.07, 6.45) is 82.0. The highest BCUT2D eigenvalue weighted by molar-refractivity contribution is 5.71. The quantitative estimate of drug-likeness (QED) is 0.0261. The van der Waals surface area contributed by atoms with Gasteiger partial charge in [-0.25, -0.2) is 0 Å². The van der Waals surface area contributed by atoms with E-state index in [4.69, 9.17) is 14.2 Å². The van der Waals surface area contributed by atoms with Gasteiger partial charge in [-0.3, -0.25) is 14.4 Å². The number of carbonyl (C=O) groups is 3. The molecule has 0 aliphatic carbocycles. The standard InChI is InChI=1S/C71H132O6/c1-4-7-10-13-16-19-22-24-25-26-27-28-29-30-31-32-33-34-35-36-37-38-39-40-41-42-43-44-45-47-49-52-55-58-61-64-70(73)76-67-68(66-75-69(72)63-60-57-54-51-48-21-18-15-12-9-6-3)77-71(74)65-62-59-56-53-50-46-23-20-17-14-11-8-5-2/h11,14,20,23,26-27,68H,4-10,12-13,15-19,21-22,24-25,28-67H2,1-3H3/b14-11-,23-20-,27-26-. The summed E-state index contributed by atoms with van der Waals surface area (Å²) in [5, 5.41) is 0. The first-order valence-electron chi connectivity index (χ1n) is 34.5. The topological polar surface area (TPSA) is 78.9 Å². The van der Waals surface area contributed by atoms with E-state index in [-0.39, 0.29) is 31.1 Å². The summed E-state index contributed by atoms with van der Waals surface area (Å²) in [5.74, 6) is -0.866. The van der Waals surface area contributed by atoms with E-state index < -0.39 is 6.10 Å². The Morgan fingerprint density at radius 3 is 0.779 bits per heavy atom. The zero-order valence-electron chi connectivity index (χ0n) is 52.0. The number of allylic oxidation sites excluding steroid dienone is 6. The Morgan fingerprint density at radius 1 is 0.260 bits per heavy atom. The lowest BCUT2D eigenvalue weighted by atomic mass is 10.0. The fourth-order valence-electron chi connectivity index (χ4n) is 10.4. The van der Waals surface area contributed by atoms with Crippen molar-refractivity contribution in [1.82, 2.24) is 0 Å². The van der Waals surface area contributed by atoms with Crippen LogP contribution in [0.15, 0.2) is 36.5 Å². The van der Waals surface area contributed by atoms with E-state index in [2.05, 4.69) is 57.2 Å². The summed E-state index contributed by atoms with van der Waals surface area (Å²) in [6.45, 7) is 6.61. The number of hydrogen-bond acceptors (Lipinski definition) is 6. The molecule has 1 atom stereocenters. The van der Waals surface area contributed by atoms with Gasteiger partial charge >= 0.3 is 17.9 Å². The predicted molar refractivity (Wildman–Crippen MR) is 335 cm³/mol. The number of hydrogen-bond donors (Lipinski definition) is 0. The zero-order valence-corrected chi connectivity index (χ0v) is 52.0. The fourth-order valence-corrected chi connectivity index (χ4v) is 10.4. The molecule has 0 saturated heterocycles. The van der Waals surface area contributed by atoms with Crippen molar-refractivity contribution in [3.05, 3.63) is 36.5 Å². The molecular formula is C71H132O6. The Hall–Kier alpha value is -2.37. The molecule has 0 aromatic rings. The predicted octanol–water partition coefficient (Wildman–Crippen LogP) is 23.6. The second-order valence-electron chi connectivity index (χ2n) is 23.4. The first kappa shape index (κ1) is 74.6. The van der Waals surface area contributed by atoms with E-state index >= 15 is 0 Å². The van der Waals surface area contributed by atoms with Crippen LogP contribution >= 0.6 is 0 Å². The minimum atomic E-state index is -0.775. The summed E-state index contributed by atoms with van der Waals surface area (Å²) in [4.78, 5) is 38.2. The van der Waals surface area contributed by atoms with Crippen molar-refractivity contribution in [3.8, 4) is 0 Å². The lowest BCUT2D eigenvalue weighted by Gasteiger charge is -2.18. The highest BCUT2D eigenvalue weighted by Crippen LogP contribution is 2.18. The zero-order chi connectivity index (χ0) is 55.7. The minimum Gasteiger partial charge on any atom is -0.462 e.